The minimum absolute atomic E-state index is 0.149. The second kappa shape index (κ2) is 8.68. The molecule has 0 fully saturated rings. The number of methoxy groups -OCH3 is 1. The molecule has 90 valence electrons. The lowest BCUT2D eigenvalue weighted by atomic mass is 10.3. The summed E-state index contributed by atoms with van der Waals surface area (Å²) in [5, 5.41) is 3.11. The molecule has 0 spiro atoms. The van der Waals surface area contributed by atoms with Crippen LogP contribution < -0.4 is 5.32 Å². The van der Waals surface area contributed by atoms with E-state index in [0.717, 1.165) is 13.0 Å². The zero-order valence-corrected chi connectivity index (χ0v) is 10.4. The van der Waals surface area contributed by atoms with Gasteiger partial charge < -0.3 is 15.0 Å². The molecule has 1 N–H and O–H groups in total. The van der Waals surface area contributed by atoms with Crippen molar-refractivity contribution in [1.82, 2.24) is 10.2 Å². The summed E-state index contributed by atoms with van der Waals surface area (Å²) in [5.74, 6) is 0.149. The van der Waals surface area contributed by atoms with Gasteiger partial charge in [0.25, 0.3) is 0 Å². The van der Waals surface area contributed by atoms with Gasteiger partial charge in [-0.25, -0.2) is 0 Å². The van der Waals surface area contributed by atoms with E-state index in [1.54, 1.807) is 7.11 Å². The summed E-state index contributed by atoms with van der Waals surface area (Å²) in [5.41, 5.74) is 0. The SMILES string of the molecule is CCCNCC(=O)N(CCOC)C(C)C. The minimum Gasteiger partial charge on any atom is -0.383 e. The maximum Gasteiger partial charge on any atom is 0.236 e. The molecule has 0 radical (unpaired) electrons. The third-order valence-electron chi connectivity index (χ3n) is 2.18. The van der Waals surface area contributed by atoms with Crippen LogP contribution in [0, 0.1) is 0 Å². The first-order valence-electron chi connectivity index (χ1n) is 5.62. The minimum atomic E-state index is 0.149. The molecular formula is C11H24N2O2. The van der Waals surface area contributed by atoms with Gasteiger partial charge in [0.2, 0.25) is 5.91 Å². The molecule has 15 heavy (non-hydrogen) atoms. The van der Waals surface area contributed by atoms with Gasteiger partial charge >= 0.3 is 0 Å². The third-order valence-corrected chi connectivity index (χ3v) is 2.18. The number of nitrogens with one attached hydrogen (secondary N) is 1. The van der Waals surface area contributed by atoms with Crippen LogP contribution in [0.25, 0.3) is 0 Å². The molecule has 0 heterocycles. The maximum atomic E-state index is 11.8. The number of carbonyl (C=O) groups is 1. The van der Waals surface area contributed by atoms with Crippen LogP contribution in [0.15, 0.2) is 0 Å². The molecule has 0 unspecified atom stereocenters. The first-order valence-corrected chi connectivity index (χ1v) is 5.62. The highest BCUT2D eigenvalue weighted by Gasteiger charge is 2.15. The van der Waals surface area contributed by atoms with Gasteiger partial charge in [0, 0.05) is 19.7 Å². The van der Waals surface area contributed by atoms with Crippen molar-refractivity contribution in [3.05, 3.63) is 0 Å². The van der Waals surface area contributed by atoms with Crippen LogP contribution in [0.5, 0.6) is 0 Å². The van der Waals surface area contributed by atoms with E-state index in [9.17, 15) is 4.79 Å². The molecule has 0 saturated carbocycles. The van der Waals surface area contributed by atoms with Crippen molar-refractivity contribution in [3.8, 4) is 0 Å². The van der Waals surface area contributed by atoms with Crippen LogP contribution in [-0.2, 0) is 9.53 Å². The van der Waals surface area contributed by atoms with E-state index in [4.69, 9.17) is 4.74 Å². The summed E-state index contributed by atoms with van der Waals surface area (Å²) < 4.78 is 4.98. The second-order valence-corrected chi connectivity index (χ2v) is 3.85. The van der Waals surface area contributed by atoms with Crippen LogP contribution in [0.4, 0.5) is 0 Å². The Morgan fingerprint density at radius 2 is 2.13 bits per heavy atom. The van der Waals surface area contributed by atoms with Gasteiger partial charge in [0.05, 0.1) is 13.2 Å². The summed E-state index contributed by atoms with van der Waals surface area (Å²) in [6.07, 6.45) is 1.05. The number of hydrogen-bond acceptors (Lipinski definition) is 3. The number of rotatable bonds is 8. The maximum absolute atomic E-state index is 11.8. The Morgan fingerprint density at radius 1 is 1.47 bits per heavy atom. The van der Waals surface area contributed by atoms with E-state index in [2.05, 4.69) is 12.2 Å². The Morgan fingerprint density at radius 3 is 2.60 bits per heavy atom. The summed E-state index contributed by atoms with van der Waals surface area (Å²) in [6, 6.07) is 0.232. The fourth-order valence-corrected chi connectivity index (χ4v) is 1.33. The largest absolute Gasteiger partial charge is 0.383 e. The summed E-state index contributed by atoms with van der Waals surface area (Å²) in [6.45, 7) is 8.71. The van der Waals surface area contributed by atoms with Crippen LogP contribution in [-0.4, -0.2) is 50.2 Å². The predicted octanol–water partition coefficient (Wildman–Crippen LogP) is 0.869. The summed E-state index contributed by atoms with van der Waals surface area (Å²) in [4.78, 5) is 13.6. The van der Waals surface area contributed by atoms with Crippen LogP contribution in [0.3, 0.4) is 0 Å². The average Bonchev–Trinajstić information content (AvgIpc) is 2.18. The van der Waals surface area contributed by atoms with Crippen molar-refractivity contribution in [2.45, 2.75) is 33.2 Å². The molecule has 4 nitrogen and oxygen atoms in total. The Balaban J connectivity index is 3.93. The quantitative estimate of drug-likeness (QED) is 0.612. The molecule has 1 amide bonds. The highest BCUT2D eigenvalue weighted by Crippen LogP contribution is 1.98. The number of amides is 1. The van der Waals surface area contributed by atoms with Crippen molar-refractivity contribution in [2.24, 2.45) is 0 Å². The molecule has 0 rings (SSSR count). The number of carbonyl (C=O) groups excluding carboxylic acids is 1. The summed E-state index contributed by atoms with van der Waals surface area (Å²) in [7, 11) is 1.65. The fraction of sp³-hybridized carbons (Fsp3) is 0.909. The van der Waals surface area contributed by atoms with Crippen LogP contribution >= 0.6 is 0 Å². The van der Waals surface area contributed by atoms with E-state index >= 15 is 0 Å². The van der Waals surface area contributed by atoms with Crippen molar-refractivity contribution in [2.75, 3.05) is 33.4 Å². The van der Waals surface area contributed by atoms with E-state index < -0.39 is 0 Å². The Hall–Kier alpha value is -0.610. The smallest absolute Gasteiger partial charge is 0.236 e. The van der Waals surface area contributed by atoms with Crippen LogP contribution in [0.2, 0.25) is 0 Å². The number of ether oxygens (including phenoxy) is 1. The van der Waals surface area contributed by atoms with E-state index in [1.165, 1.54) is 0 Å². The molecule has 0 atom stereocenters. The number of nitrogens with zero attached hydrogens (tertiary/aromatic N) is 1. The fourth-order valence-electron chi connectivity index (χ4n) is 1.33. The van der Waals surface area contributed by atoms with E-state index in [-0.39, 0.29) is 11.9 Å². The molecule has 0 aromatic rings. The van der Waals surface area contributed by atoms with Gasteiger partial charge in [-0.1, -0.05) is 6.92 Å². The molecule has 0 aliphatic heterocycles. The lowest BCUT2D eigenvalue weighted by Gasteiger charge is -2.26. The standard InChI is InChI=1S/C11H24N2O2/c1-5-6-12-9-11(14)13(10(2)3)7-8-15-4/h10,12H,5-9H2,1-4H3. The van der Waals surface area contributed by atoms with Gasteiger partial charge in [-0.15, -0.1) is 0 Å². The predicted molar refractivity (Wildman–Crippen MR) is 61.9 cm³/mol. The molecule has 0 aliphatic carbocycles. The van der Waals surface area contributed by atoms with Gasteiger partial charge in [0.1, 0.15) is 0 Å². The zero-order chi connectivity index (χ0) is 11.7. The summed E-state index contributed by atoms with van der Waals surface area (Å²) >= 11 is 0. The number of hydrogen-bond donors (Lipinski definition) is 1. The first kappa shape index (κ1) is 14.4. The third kappa shape index (κ3) is 6.47. The van der Waals surface area contributed by atoms with Crippen molar-refractivity contribution >= 4 is 5.91 Å². The highest BCUT2D eigenvalue weighted by molar-refractivity contribution is 5.78. The Labute approximate surface area is 93.0 Å². The lowest BCUT2D eigenvalue weighted by Crippen LogP contribution is -2.44. The zero-order valence-electron chi connectivity index (χ0n) is 10.4. The van der Waals surface area contributed by atoms with E-state index in [0.29, 0.717) is 19.7 Å². The van der Waals surface area contributed by atoms with Gasteiger partial charge in [-0.05, 0) is 26.8 Å². The Bertz CT molecular complexity index is 172. The van der Waals surface area contributed by atoms with Crippen molar-refractivity contribution in [3.63, 3.8) is 0 Å². The first-order chi connectivity index (χ1) is 7.13. The van der Waals surface area contributed by atoms with Crippen molar-refractivity contribution in [1.29, 1.82) is 0 Å². The molecule has 0 aromatic carbocycles. The monoisotopic (exact) mass is 216 g/mol. The van der Waals surface area contributed by atoms with E-state index in [1.807, 2.05) is 18.7 Å². The highest BCUT2D eigenvalue weighted by atomic mass is 16.5. The van der Waals surface area contributed by atoms with Gasteiger partial charge in [-0.2, -0.15) is 0 Å². The normalized spacial score (nSPS) is 10.7. The van der Waals surface area contributed by atoms with Gasteiger partial charge in [-0.3, -0.25) is 4.79 Å². The van der Waals surface area contributed by atoms with Crippen molar-refractivity contribution < 1.29 is 9.53 Å². The molecule has 0 aromatic heterocycles. The molecule has 0 aliphatic rings. The lowest BCUT2D eigenvalue weighted by molar-refractivity contribution is -0.132. The molecular weight excluding hydrogens is 192 g/mol. The second-order valence-electron chi connectivity index (χ2n) is 3.85. The molecule has 4 heteroatoms. The van der Waals surface area contributed by atoms with Crippen LogP contribution in [0.1, 0.15) is 27.2 Å². The average molecular weight is 216 g/mol. The Kier molecular flexibility index (Phi) is 8.33. The topological polar surface area (TPSA) is 41.6 Å². The molecule has 0 saturated heterocycles. The molecule has 0 bridgehead atoms. The van der Waals surface area contributed by atoms with Gasteiger partial charge in [0.15, 0.2) is 0 Å².